The van der Waals surface area contributed by atoms with E-state index in [2.05, 4.69) is 11.8 Å². The summed E-state index contributed by atoms with van der Waals surface area (Å²) in [5.41, 5.74) is 0.993. The van der Waals surface area contributed by atoms with Crippen LogP contribution in [-0.2, 0) is 0 Å². The van der Waals surface area contributed by atoms with E-state index in [0.717, 1.165) is 18.7 Å². The van der Waals surface area contributed by atoms with Gasteiger partial charge in [-0.15, -0.1) is 0 Å². The second-order valence-electron chi connectivity index (χ2n) is 4.70. The zero-order valence-electron chi connectivity index (χ0n) is 10.6. The smallest absolute Gasteiger partial charge is 0.124 e. The number of likely N-dealkylation sites (tertiary alicyclic amines) is 1. The molecule has 94 valence electrons. The fourth-order valence-electron chi connectivity index (χ4n) is 2.51. The third-order valence-electron chi connectivity index (χ3n) is 3.63. The number of phenolic OH excluding ortho intramolecular Hbond substituents is 1. The highest BCUT2D eigenvalue weighted by atomic mass is 16.5. The lowest BCUT2D eigenvalue weighted by Crippen LogP contribution is -2.32. The summed E-state index contributed by atoms with van der Waals surface area (Å²) in [6.07, 6.45) is 3.86. The van der Waals surface area contributed by atoms with E-state index in [4.69, 9.17) is 4.74 Å². The van der Waals surface area contributed by atoms with E-state index in [-0.39, 0.29) is 6.04 Å². The van der Waals surface area contributed by atoms with Gasteiger partial charge in [-0.3, -0.25) is 4.90 Å². The van der Waals surface area contributed by atoms with Crippen LogP contribution in [0, 0.1) is 0 Å². The molecule has 3 nitrogen and oxygen atoms in total. The minimum absolute atomic E-state index is 0.279. The molecule has 1 atom stereocenters. The number of nitrogens with zero attached hydrogens (tertiary/aromatic N) is 1. The van der Waals surface area contributed by atoms with Gasteiger partial charge in [-0.2, -0.15) is 0 Å². The van der Waals surface area contributed by atoms with Gasteiger partial charge in [0.2, 0.25) is 0 Å². The van der Waals surface area contributed by atoms with Crippen molar-refractivity contribution in [2.75, 3.05) is 20.2 Å². The van der Waals surface area contributed by atoms with Crippen molar-refractivity contribution in [3.8, 4) is 11.5 Å². The summed E-state index contributed by atoms with van der Waals surface area (Å²) in [6.45, 7) is 4.42. The number of hydrogen-bond acceptors (Lipinski definition) is 3. The number of ether oxygens (including phenoxy) is 1. The van der Waals surface area contributed by atoms with Gasteiger partial charge in [-0.05, 0) is 38.9 Å². The van der Waals surface area contributed by atoms with Crippen LogP contribution in [0.3, 0.4) is 0 Å². The van der Waals surface area contributed by atoms with Crippen LogP contribution in [0.4, 0.5) is 0 Å². The zero-order valence-corrected chi connectivity index (χ0v) is 10.6. The number of benzene rings is 1. The number of methoxy groups -OCH3 is 1. The van der Waals surface area contributed by atoms with Crippen LogP contribution in [0.1, 0.15) is 37.8 Å². The van der Waals surface area contributed by atoms with E-state index in [1.165, 1.54) is 19.3 Å². The fraction of sp³-hybridized carbons (Fsp3) is 0.571. The summed E-state index contributed by atoms with van der Waals surface area (Å²) in [6, 6.07) is 5.85. The molecule has 2 rings (SSSR count). The van der Waals surface area contributed by atoms with E-state index in [0.29, 0.717) is 11.5 Å². The Morgan fingerprint density at radius 3 is 2.53 bits per heavy atom. The minimum Gasteiger partial charge on any atom is -0.507 e. The van der Waals surface area contributed by atoms with Crippen molar-refractivity contribution in [3.05, 3.63) is 23.8 Å². The van der Waals surface area contributed by atoms with Crippen LogP contribution < -0.4 is 4.74 Å². The first-order chi connectivity index (χ1) is 8.22. The molecule has 0 spiro atoms. The minimum atomic E-state index is 0.279. The van der Waals surface area contributed by atoms with Gasteiger partial charge in [0.25, 0.3) is 0 Å². The van der Waals surface area contributed by atoms with Gasteiger partial charge >= 0.3 is 0 Å². The van der Waals surface area contributed by atoms with Gasteiger partial charge in [0.05, 0.1) is 7.11 Å². The Kier molecular flexibility index (Phi) is 3.89. The van der Waals surface area contributed by atoms with Gasteiger partial charge in [-0.25, -0.2) is 0 Å². The van der Waals surface area contributed by atoms with E-state index in [1.54, 1.807) is 13.2 Å². The van der Waals surface area contributed by atoms with Crippen molar-refractivity contribution in [1.82, 2.24) is 4.90 Å². The molecule has 0 aromatic heterocycles. The maximum Gasteiger partial charge on any atom is 0.124 e. The first kappa shape index (κ1) is 12.2. The molecule has 1 N–H and O–H groups in total. The van der Waals surface area contributed by atoms with E-state index in [1.807, 2.05) is 12.1 Å². The molecule has 17 heavy (non-hydrogen) atoms. The van der Waals surface area contributed by atoms with Crippen LogP contribution in [0.5, 0.6) is 11.5 Å². The third-order valence-corrected chi connectivity index (χ3v) is 3.63. The summed E-state index contributed by atoms with van der Waals surface area (Å²) in [5, 5.41) is 10.0. The van der Waals surface area contributed by atoms with Gasteiger partial charge in [0, 0.05) is 17.7 Å². The molecule has 1 heterocycles. The maximum absolute atomic E-state index is 10.0. The Bertz CT molecular complexity index is 372. The molecule has 1 aliphatic heterocycles. The van der Waals surface area contributed by atoms with Crippen molar-refractivity contribution in [3.63, 3.8) is 0 Å². The lowest BCUT2D eigenvalue weighted by atomic mass is 10.0. The SMILES string of the molecule is COc1ccc(C(C)N2CCCCC2)c(O)c1. The molecular formula is C14H21NO2. The van der Waals surface area contributed by atoms with Crippen molar-refractivity contribution >= 4 is 0 Å². The monoisotopic (exact) mass is 235 g/mol. The first-order valence-corrected chi connectivity index (χ1v) is 6.33. The first-order valence-electron chi connectivity index (χ1n) is 6.33. The van der Waals surface area contributed by atoms with Gasteiger partial charge in [0.1, 0.15) is 11.5 Å². The van der Waals surface area contributed by atoms with Crippen LogP contribution in [0.15, 0.2) is 18.2 Å². The Morgan fingerprint density at radius 1 is 1.24 bits per heavy atom. The molecule has 1 aromatic carbocycles. The molecule has 1 unspecified atom stereocenters. The standard InChI is InChI=1S/C14H21NO2/c1-11(15-8-4-3-5-9-15)13-7-6-12(17-2)10-14(13)16/h6-7,10-11,16H,3-5,8-9H2,1-2H3. The molecule has 1 fully saturated rings. The third kappa shape index (κ3) is 2.72. The molecule has 1 aromatic rings. The van der Waals surface area contributed by atoms with Crippen LogP contribution >= 0.6 is 0 Å². The summed E-state index contributed by atoms with van der Waals surface area (Å²) >= 11 is 0. The number of rotatable bonds is 3. The predicted octanol–water partition coefficient (Wildman–Crippen LogP) is 2.95. The largest absolute Gasteiger partial charge is 0.507 e. The lowest BCUT2D eigenvalue weighted by Gasteiger charge is -2.32. The molecule has 0 radical (unpaired) electrons. The second kappa shape index (κ2) is 5.41. The zero-order chi connectivity index (χ0) is 12.3. The molecular weight excluding hydrogens is 214 g/mol. The topological polar surface area (TPSA) is 32.7 Å². The molecule has 3 heteroatoms. The number of hydrogen-bond donors (Lipinski definition) is 1. The fourth-order valence-corrected chi connectivity index (χ4v) is 2.51. The van der Waals surface area contributed by atoms with Gasteiger partial charge in [0.15, 0.2) is 0 Å². The highest BCUT2D eigenvalue weighted by molar-refractivity contribution is 5.41. The highest BCUT2D eigenvalue weighted by Crippen LogP contribution is 2.32. The van der Waals surface area contributed by atoms with E-state index >= 15 is 0 Å². The van der Waals surface area contributed by atoms with Gasteiger partial charge in [-0.1, -0.05) is 12.5 Å². The average Bonchev–Trinajstić information content (AvgIpc) is 2.39. The highest BCUT2D eigenvalue weighted by Gasteiger charge is 2.20. The summed E-state index contributed by atoms with van der Waals surface area (Å²) in [7, 11) is 1.61. The van der Waals surface area contributed by atoms with Crippen LogP contribution in [0.2, 0.25) is 0 Å². The lowest BCUT2D eigenvalue weighted by molar-refractivity contribution is 0.172. The molecule has 1 aliphatic rings. The Hall–Kier alpha value is -1.22. The van der Waals surface area contributed by atoms with Crippen LogP contribution in [0.25, 0.3) is 0 Å². The second-order valence-corrected chi connectivity index (χ2v) is 4.70. The summed E-state index contributed by atoms with van der Waals surface area (Å²) in [4.78, 5) is 2.44. The number of aromatic hydroxyl groups is 1. The van der Waals surface area contributed by atoms with Crippen molar-refractivity contribution in [1.29, 1.82) is 0 Å². The van der Waals surface area contributed by atoms with E-state index < -0.39 is 0 Å². The Balaban J connectivity index is 2.15. The van der Waals surface area contributed by atoms with Crippen LogP contribution in [-0.4, -0.2) is 30.2 Å². The quantitative estimate of drug-likeness (QED) is 0.874. The van der Waals surface area contributed by atoms with Crippen molar-refractivity contribution < 1.29 is 9.84 Å². The molecule has 0 amide bonds. The molecule has 0 aliphatic carbocycles. The molecule has 1 saturated heterocycles. The Labute approximate surface area is 103 Å². The van der Waals surface area contributed by atoms with E-state index in [9.17, 15) is 5.11 Å². The van der Waals surface area contributed by atoms with Crippen molar-refractivity contribution in [2.24, 2.45) is 0 Å². The molecule has 0 bridgehead atoms. The number of phenols is 1. The molecule has 0 saturated carbocycles. The Morgan fingerprint density at radius 2 is 1.94 bits per heavy atom. The normalized spacial score (nSPS) is 18.9. The average molecular weight is 235 g/mol. The maximum atomic E-state index is 10.0. The summed E-state index contributed by atoms with van der Waals surface area (Å²) in [5.74, 6) is 1.04. The summed E-state index contributed by atoms with van der Waals surface area (Å²) < 4.78 is 5.10. The number of piperidine rings is 1. The predicted molar refractivity (Wildman–Crippen MR) is 68.5 cm³/mol. The van der Waals surface area contributed by atoms with Gasteiger partial charge < -0.3 is 9.84 Å². The van der Waals surface area contributed by atoms with Crippen molar-refractivity contribution in [2.45, 2.75) is 32.2 Å².